The van der Waals surface area contributed by atoms with Crippen LogP contribution in [0.4, 0.5) is 22.0 Å². The third-order valence-electron chi connectivity index (χ3n) is 4.82. The number of rotatable bonds is 7. The molecule has 2 aromatic heterocycles. The lowest BCUT2D eigenvalue weighted by molar-refractivity contribution is -0.172. The molecule has 0 aliphatic heterocycles. The van der Waals surface area contributed by atoms with E-state index >= 15 is 4.39 Å². The predicted molar refractivity (Wildman–Crippen MR) is 109 cm³/mol. The lowest BCUT2D eigenvalue weighted by Crippen LogP contribution is -2.29. The Morgan fingerprint density at radius 2 is 1.97 bits per heavy atom. The lowest BCUT2D eigenvalue weighted by Gasteiger charge is -2.18. The summed E-state index contributed by atoms with van der Waals surface area (Å²) >= 11 is 5.89. The van der Waals surface area contributed by atoms with Gasteiger partial charge in [0.05, 0.1) is 10.9 Å². The van der Waals surface area contributed by atoms with E-state index in [-0.39, 0.29) is 23.0 Å². The van der Waals surface area contributed by atoms with Crippen LogP contribution in [0.1, 0.15) is 31.1 Å². The Morgan fingerprint density at radius 1 is 1.27 bits per heavy atom. The molecule has 8 nitrogen and oxygen atoms in total. The van der Waals surface area contributed by atoms with Crippen molar-refractivity contribution in [2.24, 2.45) is 5.92 Å². The van der Waals surface area contributed by atoms with E-state index in [4.69, 9.17) is 11.6 Å². The summed E-state index contributed by atoms with van der Waals surface area (Å²) in [6, 6.07) is 3.63. The SMILES string of the molecule is CCn1c(CO)nn(-c2nnc(/C(F)=C/c3c(F)cccc3Cl)n2C[C@@H](C)C(F)(F)F)c1=O. The summed E-state index contributed by atoms with van der Waals surface area (Å²) in [4.78, 5) is 12.6. The van der Waals surface area contributed by atoms with Crippen LogP contribution in [-0.4, -0.2) is 40.4 Å². The number of alkyl halides is 3. The minimum absolute atomic E-state index is 0.0726. The second-order valence-electron chi connectivity index (χ2n) is 7.02. The van der Waals surface area contributed by atoms with E-state index in [2.05, 4.69) is 15.3 Å². The van der Waals surface area contributed by atoms with Crippen molar-refractivity contribution in [3.8, 4) is 5.95 Å². The molecule has 0 bridgehead atoms. The van der Waals surface area contributed by atoms with E-state index in [1.165, 1.54) is 12.1 Å². The number of aliphatic hydroxyl groups excluding tert-OH is 1. The monoisotopic (exact) mass is 492 g/mol. The maximum absolute atomic E-state index is 15.1. The van der Waals surface area contributed by atoms with Gasteiger partial charge in [0.1, 0.15) is 12.4 Å². The van der Waals surface area contributed by atoms with Crippen LogP contribution >= 0.6 is 11.6 Å². The Morgan fingerprint density at radius 3 is 2.52 bits per heavy atom. The van der Waals surface area contributed by atoms with E-state index < -0.39 is 54.4 Å². The standard InChI is InChI=1S/C19H18ClF5N6O2/c1-3-29-15(9-32)28-31(18(29)33)17-27-26-16(30(17)8-10(2)19(23,24)25)14(22)7-11-12(20)5-4-6-13(11)21/h4-7,10,32H,3,8-9H2,1-2H3/b14-7-/t10-/m1/s1. The molecule has 1 atom stereocenters. The van der Waals surface area contributed by atoms with Gasteiger partial charge in [0.2, 0.25) is 0 Å². The first-order valence-corrected chi connectivity index (χ1v) is 9.98. The number of aromatic nitrogens is 6. The molecule has 0 saturated heterocycles. The van der Waals surface area contributed by atoms with Crippen LogP contribution in [0.2, 0.25) is 5.02 Å². The van der Waals surface area contributed by atoms with Crippen molar-refractivity contribution < 1.29 is 27.1 Å². The van der Waals surface area contributed by atoms with E-state index in [9.17, 15) is 27.5 Å². The predicted octanol–water partition coefficient (Wildman–Crippen LogP) is 3.60. The average molecular weight is 493 g/mol. The molecule has 3 rings (SSSR count). The number of benzene rings is 1. The number of halogens is 6. The smallest absolute Gasteiger partial charge is 0.388 e. The quantitative estimate of drug-likeness (QED) is 0.509. The van der Waals surface area contributed by atoms with E-state index in [1.54, 1.807) is 6.92 Å². The maximum Gasteiger partial charge on any atom is 0.393 e. The fraction of sp³-hybridized carbons (Fsp3) is 0.368. The molecular weight excluding hydrogens is 475 g/mol. The van der Waals surface area contributed by atoms with Crippen LogP contribution in [0, 0.1) is 11.7 Å². The molecule has 0 spiro atoms. The highest BCUT2D eigenvalue weighted by molar-refractivity contribution is 6.32. The van der Waals surface area contributed by atoms with E-state index in [0.717, 1.165) is 17.6 Å². The van der Waals surface area contributed by atoms with Gasteiger partial charge in [-0.05, 0) is 25.1 Å². The fourth-order valence-electron chi connectivity index (χ4n) is 3.02. The van der Waals surface area contributed by atoms with Gasteiger partial charge < -0.3 is 5.11 Å². The van der Waals surface area contributed by atoms with E-state index in [1.807, 2.05) is 0 Å². The highest BCUT2D eigenvalue weighted by Gasteiger charge is 2.37. The minimum Gasteiger partial charge on any atom is -0.388 e. The molecular formula is C19H18ClF5N6O2. The van der Waals surface area contributed by atoms with Crippen molar-refractivity contribution in [2.45, 2.75) is 39.7 Å². The molecule has 1 aromatic carbocycles. The van der Waals surface area contributed by atoms with Gasteiger partial charge in [-0.15, -0.1) is 20.0 Å². The van der Waals surface area contributed by atoms with Gasteiger partial charge in [-0.2, -0.15) is 13.2 Å². The van der Waals surface area contributed by atoms with Crippen molar-refractivity contribution >= 4 is 23.5 Å². The van der Waals surface area contributed by atoms with Crippen LogP contribution in [-0.2, 0) is 19.7 Å². The lowest BCUT2D eigenvalue weighted by atomic mass is 10.1. The summed E-state index contributed by atoms with van der Waals surface area (Å²) in [7, 11) is 0. The number of nitrogens with zero attached hydrogens (tertiary/aromatic N) is 6. The summed E-state index contributed by atoms with van der Waals surface area (Å²) in [6.07, 6.45) is -3.98. The average Bonchev–Trinajstić information content (AvgIpc) is 3.30. The van der Waals surface area contributed by atoms with Gasteiger partial charge in [0.15, 0.2) is 17.5 Å². The van der Waals surface area contributed by atoms with Gasteiger partial charge in [0.25, 0.3) is 5.95 Å². The normalized spacial score (nSPS) is 13.5. The first-order chi connectivity index (χ1) is 15.5. The van der Waals surface area contributed by atoms with Gasteiger partial charge >= 0.3 is 11.9 Å². The molecule has 33 heavy (non-hydrogen) atoms. The molecule has 0 amide bonds. The zero-order valence-electron chi connectivity index (χ0n) is 17.3. The Hall–Kier alpha value is -3.06. The number of hydrogen-bond acceptors (Lipinski definition) is 5. The molecule has 3 aromatic rings. The van der Waals surface area contributed by atoms with Crippen molar-refractivity contribution in [2.75, 3.05) is 0 Å². The second-order valence-corrected chi connectivity index (χ2v) is 7.42. The van der Waals surface area contributed by atoms with Gasteiger partial charge in [0, 0.05) is 18.7 Å². The molecule has 178 valence electrons. The van der Waals surface area contributed by atoms with Crippen molar-refractivity contribution in [3.63, 3.8) is 0 Å². The van der Waals surface area contributed by atoms with Gasteiger partial charge in [-0.25, -0.2) is 13.6 Å². The van der Waals surface area contributed by atoms with Crippen molar-refractivity contribution in [3.05, 3.63) is 56.7 Å². The molecule has 0 aliphatic rings. The van der Waals surface area contributed by atoms with Crippen molar-refractivity contribution in [1.82, 2.24) is 29.1 Å². The Balaban J connectivity index is 2.21. The topological polar surface area (TPSA) is 90.8 Å². The minimum atomic E-state index is -4.65. The summed E-state index contributed by atoms with van der Waals surface area (Å²) < 4.78 is 71.4. The van der Waals surface area contributed by atoms with E-state index in [0.29, 0.717) is 15.3 Å². The fourth-order valence-corrected chi connectivity index (χ4v) is 3.23. The van der Waals surface area contributed by atoms with Gasteiger partial charge in [-0.1, -0.05) is 24.6 Å². The molecule has 14 heteroatoms. The van der Waals surface area contributed by atoms with Crippen LogP contribution in [0.25, 0.3) is 17.9 Å². The highest BCUT2D eigenvalue weighted by Crippen LogP contribution is 2.30. The van der Waals surface area contributed by atoms with Gasteiger partial charge in [-0.3, -0.25) is 9.13 Å². The molecule has 1 N–H and O–H groups in total. The highest BCUT2D eigenvalue weighted by atomic mass is 35.5. The second kappa shape index (κ2) is 9.43. The molecule has 2 heterocycles. The summed E-state index contributed by atoms with van der Waals surface area (Å²) in [6.45, 7) is 1.06. The molecule has 0 fully saturated rings. The summed E-state index contributed by atoms with van der Waals surface area (Å²) in [5.41, 5.74) is -1.16. The third-order valence-corrected chi connectivity index (χ3v) is 5.15. The summed E-state index contributed by atoms with van der Waals surface area (Å²) in [5, 5.41) is 20.4. The molecule has 0 radical (unpaired) electrons. The number of hydrogen-bond donors (Lipinski definition) is 1. The van der Waals surface area contributed by atoms with Crippen LogP contribution < -0.4 is 5.69 Å². The first-order valence-electron chi connectivity index (χ1n) is 9.61. The van der Waals surface area contributed by atoms with Crippen LogP contribution in [0.15, 0.2) is 23.0 Å². The molecule has 0 saturated carbocycles. The summed E-state index contributed by atoms with van der Waals surface area (Å²) in [5.74, 6) is -5.35. The zero-order chi connectivity index (χ0) is 24.5. The van der Waals surface area contributed by atoms with Crippen LogP contribution in [0.3, 0.4) is 0 Å². The Kier molecular flexibility index (Phi) is 7.03. The Labute approximate surface area is 188 Å². The largest absolute Gasteiger partial charge is 0.393 e. The zero-order valence-corrected chi connectivity index (χ0v) is 18.1. The molecule has 0 unspecified atom stereocenters. The van der Waals surface area contributed by atoms with Crippen LogP contribution in [0.5, 0.6) is 0 Å². The third kappa shape index (κ3) is 4.83. The number of aliphatic hydroxyl groups is 1. The maximum atomic E-state index is 15.1. The van der Waals surface area contributed by atoms with Crippen molar-refractivity contribution in [1.29, 1.82) is 0 Å². The Bertz CT molecular complexity index is 1230. The first kappa shape index (κ1) is 24.6. The molecule has 0 aliphatic carbocycles.